The highest BCUT2D eigenvalue weighted by Crippen LogP contribution is 2.24. The molecule has 0 radical (unpaired) electrons. The molecule has 0 bridgehead atoms. The molecule has 1 heterocycles. The Morgan fingerprint density at radius 2 is 2.19 bits per heavy atom. The van der Waals surface area contributed by atoms with Gasteiger partial charge in [0.15, 0.2) is 0 Å². The van der Waals surface area contributed by atoms with Gasteiger partial charge in [-0.1, -0.05) is 11.6 Å². The molecule has 1 aromatic carbocycles. The van der Waals surface area contributed by atoms with Crippen molar-refractivity contribution < 1.29 is 12.8 Å². The standard InChI is InChI=1S/C13H12ClN3O3S/c1-8-7-16-13(20-8)9(2)17-21(18,19)12-4-3-10(6-15)5-11(12)14/h3-5,7,9,17H,1-2H3. The molecule has 0 aliphatic rings. The largest absolute Gasteiger partial charge is 0.444 e. The molecule has 0 fully saturated rings. The molecule has 110 valence electrons. The third kappa shape index (κ3) is 3.42. The van der Waals surface area contributed by atoms with E-state index in [1.165, 1.54) is 24.4 Å². The van der Waals surface area contributed by atoms with Gasteiger partial charge in [0.1, 0.15) is 10.7 Å². The predicted octanol–water partition coefficient (Wildman–Crippen LogP) is 2.55. The van der Waals surface area contributed by atoms with Crippen LogP contribution in [0.1, 0.15) is 30.2 Å². The number of aromatic nitrogens is 1. The summed E-state index contributed by atoms with van der Waals surface area (Å²) in [5, 5.41) is 8.74. The molecule has 2 aromatic rings. The lowest BCUT2D eigenvalue weighted by Crippen LogP contribution is -2.27. The van der Waals surface area contributed by atoms with Crippen LogP contribution in [0.25, 0.3) is 0 Å². The Morgan fingerprint density at radius 3 is 2.71 bits per heavy atom. The van der Waals surface area contributed by atoms with Gasteiger partial charge >= 0.3 is 0 Å². The maximum absolute atomic E-state index is 12.3. The molecule has 0 aliphatic heterocycles. The lowest BCUT2D eigenvalue weighted by Gasteiger charge is -2.12. The molecule has 0 saturated heterocycles. The van der Waals surface area contributed by atoms with Crippen molar-refractivity contribution in [3.63, 3.8) is 0 Å². The first-order chi connectivity index (χ1) is 9.83. The minimum Gasteiger partial charge on any atom is -0.444 e. The molecule has 0 aliphatic carbocycles. The minimum absolute atomic E-state index is 0.0164. The number of halogens is 1. The van der Waals surface area contributed by atoms with Crippen molar-refractivity contribution in [3.8, 4) is 6.07 Å². The Bertz CT molecular complexity index is 808. The van der Waals surface area contributed by atoms with Crippen LogP contribution >= 0.6 is 11.6 Å². The van der Waals surface area contributed by atoms with Crippen LogP contribution in [-0.4, -0.2) is 13.4 Å². The van der Waals surface area contributed by atoms with Crippen LogP contribution in [0.5, 0.6) is 0 Å². The number of nitrogens with one attached hydrogen (secondary N) is 1. The van der Waals surface area contributed by atoms with E-state index in [9.17, 15) is 8.42 Å². The van der Waals surface area contributed by atoms with E-state index in [1.54, 1.807) is 13.8 Å². The van der Waals surface area contributed by atoms with Crippen LogP contribution in [0.3, 0.4) is 0 Å². The Morgan fingerprint density at radius 1 is 1.48 bits per heavy atom. The van der Waals surface area contributed by atoms with E-state index in [0.29, 0.717) is 5.76 Å². The lowest BCUT2D eigenvalue weighted by atomic mass is 10.2. The van der Waals surface area contributed by atoms with Crippen LogP contribution < -0.4 is 4.72 Å². The van der Waals surface area contributed by atoms with Crippen molar-refractivity contribution in [2.24, 2.45) is 0 Å². The number of nitriles is 1. The van der Waals surface area contributed by atoms with Gasteiger partial charge in [0.2, 0.25) is 15.9 Å². The van der Waals surface area contributed by atoms with Crippen LogP contribution in [0.2, 0.25) is 5.02 Å². The van der Waals surface area contributed by atoms with Gasteiger partial charge in [-0.05, 0) is 32.0 Å². The van der Waals surface area contributed by atoms with Crippen molar-refractivity contribution in [1.29, 1.82) is 5.26 Å². The van der Waals surface area contributed by atoms with Crippen LogP contribution in [0.4, 0.5) is 0 Å². The topological polar surface area (TPSA) is 96.0 Å². The molecule has 1 aromatic heterocycles. The summed E-state index contributed by atoms with van der Waals surface area (Å²) >= 11 is 5.92. The number of nitrogens with zero attached hydrogens (tertiary/aromatic N) is 2. The highest BCUT2D eigenvalue weighted by atomic mass is 35.5. The van der Waals surface area contributed by atoms with Crippen LogP contribution in [0.15, 0.2) is 33.7 Å². The number of oxazole rings is 1. The van der Waals surface area contributed by atoms with Crippen molar-refractivity contribution in [1.82, 2.24) is 9.71 Å². The van der Waals surface area contributed by atoms with Gasteiger partial charge in [0.05, 0.1) is 28.9 Å². The maximum Gasteiger partial charge on any atom is 0.242 e. The third-order valence-electron chi connectivity index (χ3n) is 2.69. The number of sulfonamides is 1. The van der Waals surface area contributed by atoms with Crippen molar-refractivity contribution >= 4 is 21.6 Å². The van der Waals surface area contributed by atoms with Gasteiger partial charge in [-0.25, -0.2) is 13.4 Å². The minimum atomic E-state index is -3.85. The SMILES string of the molecule is Cc1cnc(C(C)NS(=O)(=O)c2ccc(C#N)cc2Cl)o1. The zero-order chi connectivity index (χ0) is 15.6. The monoisotopic (exact) mass is 325 g/mol. The molecule has 1 unspecified atom stereocenters. The van der Waals surface area contributed by atoms with Gasteiger partial charge in [-0.2, -0.15) is 9.98 Å². The van der Waals surface area contributed by atoms with Crippen molar-refractivity contribution in [3.05, 3.63) is 46.6 Å². The third-order valence-corrected chi connectivity index (χ3v) is 4.72. The average molecular weight is 326 g/mol. The van der Waals surface area contributed by atoms with E-state index >= 15 is 0 Å². The molecule has 21 heavy (non-hydrogen) atoms. The van der Waals surface area contributed by atoms with Gasteiger partial charge in [-0.3, -0.25) is 0 Å². The highest BCUT2D eigenvalue weighted by molar-refractivity contribution is 7.89. The summed E-state index contributed by atoms with van der Waals surface area (Å²) in [6.45, 7) is 3.33. The van der Waals surface area contributed by atoms with Crippen molar-refractivity contribution in [2.75, 3.05) is 0 Å². The number of hydrogen-bond donors (Lipinski definition) is 1. The molecule has 2 rings (SSSR count). The normalized spacial score (nSPS) is 12.9. The van der Waals surface area contributed by atoms with Crippen LogP contribution in [0, 0.1) is 18.3 Å². The van der Waals surface area contributed by atoms with E-state index < -0.39 is 16.1 Å². The highest BCUT2D eigenvalue weighted by Gasteiger charge is 2.23. The Kier molecular flexibility index (Phi) is 4.32. The summed E-state index contributed by atoms with van der Waals surface area (Å²) in [4.78, 5) is 3.87. The fourth-order valence-electron chi connectivity index (χ4n) is 1.71. The zero-order valence-electron chi connectivity index (χ0n) is 11.3. The Labute approximate surface area is 127 Å². The second kappa shape index (κ2) is 5.85. The van der Waals surface area contributed by atoms with Gasteiger partial charge in [0.25, 0.3) is 0 Å². The fraction of sp³-hybridized carbons (Fsp3) is 0.231. The first kappa shape index (κ1) is 15.5. The van der Waals surface area contributed by atoms with Gasteiger partial charge in [-0.15, -0.1) is 0 Å². The van der Waals surface area contributed by atoms with Crippen molar-refractivity contribution in [2.45, 2.75) is 24.8 Å². The quantitative estimate of drug-likeness (QED) is 0.931. The summed E-state index contributed by atoms with van der Waals surface area (Å²) in [5.41, 5.74) is 0.287. The van der Waals surface area contributed by atoms with Gasteiger partial charge in [0, 0.05) is 0 Å². The molecule has 1 N–H and O–H groups in total. The average Bonchev–Trinajstić information content (AvgIpc) is 2.84. The lowest BCUT2D eigenvalue weighted by molar-refractivity contribution is 0.428. The number of hydrogen-bond acceptors (Lipinski definition) is 5. The van der Waals surface area contributed by atoms with Gasteiger partial charge < -0.3 is 4.42 Å². The Balaban J connectivity index is 2.28. The second-order valence-corrected chi connectivity index (χ2v) is 6.50. The predicted molar refractivity (Wildman–Crippen MR) is 76.1 cm³/mol. The van der Waals surface area contributed by atoms with Crippen LogP contribution in [-0.2, 0) is 10.0 Å². The molecule has 1 atom stereocenters. The van der Waals surface area contributed by atoms with E-state index in [-0.39, 0.29) is 21.4 Å². The van der Waals surface area contributed by atoms with E-state index in [2.05, 4.69) is 9.71 Å². The molecule has 0 saturated carbocycles. The zero-order valence-corrected chi connectivity index (χ0v) is 12.9. The number of rotatable bonds is 4. The fourth-order valence-corrected chi connectivity index (χ4v) is 3.45. The second-order valence-electron chi connectivity index (χ2n) is 4.41. The first-order valence-electron chi connectivity index (χ1n) is 5.98. The molecular formula is C13H12ClN3O3S. The smallest absolute Gasteiger partial charge is 0.242 e. The number of benzene rings is 1. The summed E-state index contributed by atoms with van der Waals surface area (Å²) in [7, 11) is -3.85. The first-order valence-corrected chi connectivity index (χ1v) is 7.84. The molecule has 8 heteroatoms. The molecular weight excluding hydrogens is 314 g/mol. The number of aryl methyl sites for hydroxylation is 1. The molecule has 0 spiro atoms. The summed E-state index contributed by atoms with van der Waals surface area (Å²) in [6, 6.07) is 5.23. The summed E-state index contributed by atoms with van der Waals surface area (Å²) < 4.78 is 32.3. The van der Waals surface area contributed by atoms with E-state index in [0.717, 1.165) is 0 Å². The Hall–Kier alpha value is -1.88. The molecule has 0 amide bonds. The maximum atomic E-state index is 12.3. The molecule has 6 nitrogen and oxygen atoms in total. The van der Waals surface area contributed by atoms with E-state index in [1.807, 2.05) is 6.07 Å². The summed E-state index contributed by atoms with van der Waals surface area (Å²) in [5.74, 6) is 0.855. The summed E-state index contributed by atoms with van der Waals surface area (Å²) in [6.07, 6.45) is 1.51. The van der Waals surface area contributed by atoms with E-state index in [4.69, 9.17) is 21.3 Å².